The second-order valence-corrected chi connectivity index (χ2v) is 6.60. The van der Waals surface area contributed by atoms with Crippen molar-refractivity contribution in [2.24, 2.45) is 0 Å². The molecule has 0 spiro atoms. The Bertz CT molecular complexity index is 601. The minimum absolute atomic E-state index is 0.581. The van der Waals surface area contributed by atoms with Gasteiger partial charge < -0.3 is 0 Å². The summed E-state index contributed by atoms with van der Waals surface area (Å²) in [5.41, 5.74) is 8.36. The van der Waals surface area contributed by atoms with Gasteiger partial charge in [-0.2, -0.15) is 0 Å². The van der Waals surface area contributed by atoms with E-state index in [0.29, 0.717) is 5.92 Å². The summed E-state index contributed by atoms with van der Waals surface area (Å²) in [6.45, 7) is 11.1. The van der Waals surface area contributed by atoms with Gasteiger partial charge in [-0.25, -0.2) is 0 Å². The smallest absolute Gasteiger partial charge is 0.00454 e. The molecule has 0 radical (unpaired) electrons. The molecule has 0 atom stereocenters. The Morgan fingerprint density at radius 2 is 1.50 bits per heavy atom. The molecule has 2 aromatic carbocycles. The van der Waals surface area contributed by atoms with Gasteiger partial charge in [0.1, 0.15) is 0 Å². The highest BCUT2D eigenvalue weighted by Crippen LogP contribution is 2.25. The molecule has 0 bridgehead atoms. The molecule has 106 valence electrons. The maximum absolute atomic E-state index is 4.45. The van der Waals surface area contributed by atoms with Gasteiger partial charge in [0.05, 0.1) is 0 Å². The van der Waals surface area contributed by atoms with E-state index in [-0.39, 0.29) is 0 Å². The predicted molar refractivity (Wildman–Crippen MR) is 91.2 cm³/mol. The first-order valence-corrected chi connectivity index (χ1v) is 7.71. The van der Waals surface area contributed by atoms with Gasteiger partial charge in [-0.05, 0) is 78.6 Å². The van der Waals surface area contributed by atoms with E-state index in [4.69, 9.17) is 0 Å². The Morgan fingerprint density at radius 1 is 0.900 bits per heavy atom. The third-order valence-corrected chi connectivity index (χ3v) is 4.29. The van der Waals surface area contributed by atoms with Crippen LogP contribution in [0.25, 0.3) is 0 Å². The van der Waals surface area contributed by atoms with Crippen molar-refractivity contribution in [2.75, 3.05) is 0 Å². The summed E-state index contributed by atoms with van der Waals surface area (Å²) < 4.78 is 0. The van der Waals surface area contributed by atoms with Crippen LogP contribution in [-0.2, 0) is 6.42 Å². The van der Waals surface area contributed by atoms with E-state index < -0.39 is 0 Å². The van der Waals surface area contributed by atoms with E-state index in [1.54, 1.807) is 0 Å². The summed E-state index contributed by atoms with van der Waals surface area (Å²) in [5, 5.41) is 0. The highest BCUT2D eigenvalue weighted by atomic mass is 32.1. The van der Waals surface area contributed by atoms with Crippen LogP contribution in [0.1, 0.15) is 53.1 Å². The quantitative estimate of drug-likeness (QED) is 0.695. The SMILES string of the molecule is Cc1ccc(Cc2c(C)cc(S)cc2C)cc1C(C)C. The minimum Gasteiger partial charge on any atom is -0.143 e. The van der Waals surface area contributed by atoms with Crippen molar-refractivity contribution in [3.8, 4) is 0 Å². The molecule has 0 saturated carbocycles. The lowest BCUT2D eigenvalue weighted by Crippen LogP contribution is -1.99. The maximum atomic E-state index is 4.45. The normalized spacial score (nSPS) is 11.2. The lowest BCUT2D eigenvalue weighted by molar-refractivity contribution is 0.852. The van der Waals surface area contributed by atoms with Crippen molar-refractivity contribution in [1.29, 1.82) is 0 Å². The maximum Gasteiger partial charge on any atom is 0.00454 e. The van der Waals surface area contributed by atoms with Crippen LogP contribution < -0.4 is 0 Å². The number of thiol groups is 1. The van der Waals surface area contributed by atoms with Crippen LogP contribution in [-0.4, -0.2) is 0 Å². The van der Waals surface area contributed by atoms with E-state index in [9.17, 15) is 0 Å². The molecular formula is C19H24S. The topological polar surface area (TPSA) is 0 Å². The average molecular weight is 284 g/mol. The van der Waals surface area contributed by atoms with Crippen LogP contribution in [0.4, 0.5) is 0 Å². The molecule has 0 aromatic heterocycles. The lowest BCUT2D eigenvalue weighted by atomic mass is 9.91. The Labute approximate surface area is 128 Å². The number of rotatable bonds is 3. The Hall–Kier alpha value is -1.21. The molecule has 0 heterocycles. The zero-order valence-electron chi connectivity index (χ0n) is 13.1. The monoisotopic (exact) mass is 284 g/mol. The molecule has 0 amide bonds. The number of benzene rings is 2. The lowest BCUT2D eigenvalue weighted by Gasteiger charge is -2.15. The molecule has 0 aliphatic heterocycles. The molecule has 0 unspecified atom stereocenters. The van der Waals surface area contributed by atoms with E-state index in [1.807, 2.05) is 0 Å². The third kappa shape index (κ3) is 3.27. The average Bonchev–Trinajstić information content (AvgIpc) is 2.35. The third-order valence-electron chi connectivity index (χ3n) is 4.03. The standard InChI is InChI=1S/C19H24S/c1-12(2)18-10-16(7-6-13(18)3)11-19-14(4)8-17(20)9-15(19)5/h6-10,12,20H,11H2,1-5H3. The van der Waals surface area contributed by atoms with Gasteiger partial charge in [-0.1, -0.05) is 32.0 Å². The number of hydrogen-bond acceptors (Lipinski definition) is 1. The first kappa shape index (κ1) is 15.2. The fourth-order valence-corrected chi connectivity index (χ4v) is 3.26. The molecule has 0 saturated heterocycles. The first-order chi connectivity index (χ1) is 9.38. The summed E-state index contributed by atoms with van der Waals surface area (Å²) in [6.07, 6.45) is 1.01. The van der Waals surface area contributed by atoms with Gasteiger partial charge in [0, 0.05) is 4.90 Å². The Morgan fingerprint density at radius 3 is 2.05 bits per heavy atom. The zero-order valence-corrected chi connectivity index (χ0v) is 14.0. The Balaban J connectivity index is 2.38. The second-order valence-electron chi connectivity index (χ2n) is 6.08. The first-order valence-electron chi connectivity index (χ1n) is 7.27. The summed E-state index contributed by atoms with van der Waals surface area (Å²) in [4.78, 5) is 1.05. The van der Waals surface area contributed by atoms with Gasteiger partial charge in [-0.3, -0.25) is 0 Å². The number of aryl methyl sites for hydroxylation is 3. The van der Waals surface area contributed by atoms with Crippen LogP contribution in [0.5, 0.6) is 0 Å². The summed E-state index contributed by atoms with van der Waals surface area (Å²) in [7, 11) is 0. The van der Waals surface area contributed by atoms with E-state index in [2.05, 4.69) is 77.6 Å². The van der Waals surface area contributed by atoms with Gasteiger partial charge in [-0.15, -0.1) is 12.6 Å². The Kier molecular flexibility index (Phi) is 4.59. The van der Waals surface area contributed by atoms with Crippen molar-refractivity contribution in [2.45, 2.75) is 51.9 Å². The van der Waals surface area contributed by atoms with Gasteiger partial charge in [0.15, 0.2) is 0 Å². The van der Waals surface area contributed by atoms with Crippen molar-refractivity contribution < 1.29 is 0 Å². The summed E-state index contributed by atoms with van der Waals surface area (Å²) in [5.74, 6) is 0.581. The molecule has 0 N–H and O–H groups in total. The second kappa shape index (κ2) is 6.05. The van der Waals surface area contributed by atoms with Crippen LogP contribution >= 0.6 is 12.6 Å². The van der Waals surface area contributed by atoms with E-state index >= 15 is 0 Å². The molecule has 0 fully saturated rings. The van der Waals surface area contributed by atoms with Crippen LogP contribution in [0.15, 0.2) is 35.2 Å². The molecule has 0 aliphatic rings. The fourth-order valence-electron chi connectivity index (χ4n) is 2.88. The van der Waals surface area contributed by atoms with Crippen LogP contribution in [0, 0.1) is 20.8 Å². The highest BCUT2D eigenvalue weighted by Gasteiger charge is 2.08. The molecule has 0 aliphatic carbocycles. The van der Waals surface area contributed by atoms with E-state index in [1.165, 1.54) is 33.4 Å². The predicted octanol–water partition coefficient (Wildman–Crippen LogP) is 5.61. The number of hydrogen-bond donors (Lipinski definition) is 1. The summed E-state index contributed by atoms with van der Waals surface area (Å²) in [6, 6.07) is 11.2. The van der Waals surface area contributed by atoms with Gasteiger partial charge in [0.25, 0.3) is 0 Å². The molecule has 2 rings (SSSR count). The van der Waals surface area contributed by atoms with Crippen molar-refractivity contribution in [3.05, 3.63) is 63.7 Å². The largest absolute Gasteiger partial charge is 0.143 e. The van der Waals surface area contributed by atoms with Crippen LogP contribution in [0.2, 0.25) is 0 Å². The minimum atomic E-state index is 0.581. The van der Waals surface area contributed by atoms with Crippen molar-refractivity contribution >= 4 is 12.6 Å². The van der Waals surface area contributed by atoms with Crippen LogP contribution in [0.3, 0.4) is 0 Å². The molecule has 20 heavy (non-hydrogen) atoms. The molecule has 1 heteroatoms. The van der Waals surface area contributed by atoms with E-state index in [0.717, 1.165) is 11.3 Å². The van der Waals surface area contributed by atoms with Gasteiger partial charge in [0.2, 0.25) is 0 Å². The zero-order chi connectivity index (χ0) is 14.9. The highest BCUT2D eigenvalue weighted by molar-refractivity contribution is 7.80. The molecule has 2 aromatic rings. The molecule has 0 nitrogen and oxygen atoms in total. The fraction of sp³-hybridized carbons (Fsp3) is 0.368. The molecular weight excluding hydrogens is 260 g/mol. The van der Waals surface area contributed by atoms with Crippen molar-refractivity contribution in [1.82, 2.24) is 0 Å². The summed E-state index contributed by atoms with van der Waals surface area (Å²) >= 11 is 4.45. The van der Waals surface area contributed by atoms with Gasteiger partial charge >= 0.3 is 0 Å². The van der Waals surface area contributed by atoms with Crippen molar-refractivity contribution in [3.63, 3.8) is 0 Å².